The fourth-order valence-electron chi connectivity index (χ4n) is 3.42. The van der Waals surface area contributed by atoms with Crippen LogP contribution < -0.4 is 27.4 Å². The van der Waals surface area contributed by atoms with Crippen molar-refractivity contribution in [2.75, 3.05) is 0 Å². The Morgan fingerprint density at radius 3 is 1.55 bits per heavy atom. The van der Waals surface area contributed by atoms with Crippen LogP contribution >= 0.6 is 0 Å². The number of hydrogen-bond acceptors (Lipinski definition) is 9. The second-order valence-corrected chi connectivity index (χ2v) is 8.87. The Morgan fingerprint density at radius 2 is 1.10 bits per heavy atom. The molecule has 16 heteroatoms. The third-order valence-corrected chi connectivity index (χ3v) is 5.58. The Labute approximate surface area is 228 Å². The van der Waals surface area contributed by atoms with Crippen molar-refractivity contribution in [3.8, 4) is 5.75 Å². The number of rotatable bonds is 18. The molecule has 0 radical (unpaired) electrons. The molecule has 0 aliphatic heterocycles. The average molecular weight is 568 g/mol. The van der Waals surface area contributed by atoms with Crippen LogP contribution in [-0.4, -0.2) is 86.1 Å². The Hall–Kier alpha value is -4.73. The number of carbonyl (C=O) groups excluding carboxylic acids is 4. The number of benzene rings is 1. The van der Waals surface area contributed by atoms with E-state index in [1.807, 2.05) is 0 Å². The predicted octanol–water partition coefficient (Wildman–Crippen LogP) is -2.20. The summed E-state index contributed by atoms with van der Waals surface area (Å²) in [6.07, 6.45) is -2.78. The van der Waals surface area contributed by atoms with Gasteiger partial charge >= 0.3 is 17.9 Å². The maximum Gasteiger partial charge on any atom is 0.326 e. The fourth-order valence-corrected chi connectivity index (χ4v) is 3.42. The van der Waals surface area contributed by atoms with Crippen molar-refractivity contribution in [1.29, 1.82) is 0 Å². The lowest BCUT2D eigenvalue weighted by molar-refractivity contribution is -0.143. The zero-order valence-electron chi connectivity index (χ0n) is 21.4. The molecule has 4 atom stereocenters. The van der Waals surface area contributed by atoms with Gasteiger partial charge in [-0.05, 0) is 43.4 Å². The van der Waals surface area contributed by atoms with Crippen molar-refractivity contribution in [3.05, 3.63) is 29.8 Å². The lowest BCUT2D eigenvalue weighted by atomic mass is 10.0. The van der Waals surface area contributed by atoms with Crippen LogP contribution in [0.4, 0.5) is 0 Å². The molecule has 0 saturated carbocycles. The number of phenols is 1. The number of carbonyl (C=O) groups is 7. The number of nitrogens with one attached hydrogen (secondary N) is 3. The summed E-state index contributed by atoms with van der Waals surface area (Å²) in [7, 11) is 0. The highest BCUT2D eigenvalue weighted by Gasteiger charge is 2.31. The van der Waals surface area contributed by atoms with Gasteiger partial charge in [0.05, 0.1) is 6.04 Å². The molecule has 0 bridgehead atoms. The minimum absolute atomic E-state index is 0.00123. The number of amides is 4. The van der Waals surface area contributed by atoms with E-state index in [1.54, 1.807) is 0 Å². The van der Waals surface area contributed by atoms with Gasteiger partial charge in [-0.2, -0.15) is 0 Å². The van der Waals surface area contributed by atoms with E-state index < -0.39 is 97.8 Å². The van der Waals surface area contributed by atoms with Crippen molar-refractivity contribution < 1.29 is 54.0 Å². The monoisotopic (exact) mass is 567 g/mol. The van der Waals surface area contributed by atoms with Crippen molar-refractivity contribution >= 4 is 41.5 Å². The highest BCUT2D eigenvalue weighted by molar-refractivity contribution is 5.94. The van der Waals surface area contributed by atoms with Crippen LogP contribution in [-0.2, 0) is 40.0 Å². The topological polar surface area (TPSA) is 289 Å². The smallest absolute Gasteiger partial charge is 0.326 e. The number of primary amides is 1. The van der Waals surface area contributed by atoms with Gasteiger partial charge in [-0.25, -0.2) is 4.79 Å². The zero-order valence-corrected chi connectivity index (χ0v) is 21.4. The van der Waals surface area contributed by atoms with Gasteiger partial charge in [0, 0.05) is 19.3 Å². The first kappa shape index (κ1) is 33.3. The molecule has 1 aromatic rings. The molecule has 0 aliphatic carbocycles. The van der Waals surface area contributed by atoms with E-state index in [2.05, 4.69) is 16.0 Å². The van der Waals surface area contributed by atoms with Crippen molar-refractivity contribution in [3.63, 3.8) is 0 Å². The molecule has 0 fully saturated rings. The number of carboxylic acids is 3. The molecule has 1 aromatic carbocycles. The summed E-state index contributed by atoms with van der Waals surface area (Å²) in [6.45, 7) is 0. The predicted molar refractivity (Wildman–Crippen MR) is 135 cm³/mol. The van der Waals surface area contributed by atoms with Gasteiger partial charge in [-0.3, -0.25) is 28.8 Å². The molecule has 16 nitrogen and oxygen atoms in total. The minimum atomic E-state index is -1.63. The Morgan fingerprint density at radius 1 is 0.675 bits per heavy atom. The molecule has 4 unspecified atom stereocenters. The second-order valence-electron chi connectivity index (χ2n) is 8.87. The molecule has 0 spiro atoms. The van der Waals surface area contributed by atoms with Gasteiger partial charge in [0.1, 0.15) is 23.9 Å². The molecule has 4 amide bonds. The molecule has 0 saturated heterocycles. The third kappa shape index (κ3) is 12.7. The first-order valence-electron chi connectivity index (χ1n) is 12.1. The van der Waals surface area contributed by atoms with Gasteiger partial charge < -0.3 is 47.8 Å². The van der Waals surface area contributed by atoms with E-state index >= 15 is 0 Å². The molecular formula is C24H33N5O11. The van der Waals surface area contributed by atoms with Crippen molar-refractivity contribution in [2.45, 2.75) is 69.1 Å². The normalized spacial score (nSPS) is 13.6. The molecule has 1 rings (SSSR count). The molecule has 220 valence electrons. The summed E-state index contributed by atoms with van der Waals surface area (Å²) in [5, 5.41) is 43.2. The maximum absolute atomic E-state index is 13.0. The van der Waals surface area contributed by atoms with Gasteiger partial charge in [0.2, 0.25) is 23.6 Å². The summed E-state index contributed by atoms with van der Waals surface area (Å²) in [4.78, 5) is 83.2. The number of hydrogen-bond donors (Lipinski definition) is 9. The van der Waals surface area contributed by atoms with Crippen LogP contribution in [0.15, 0.2) is 24.3 Å². The zero-order chi connectivity index (χ0) is 30.4. The highest BCUT2D eigenvalue weighted by atomic mass is 16.4. The number of phenolic OH excluding ortho intramolecular Hbond substituents is 1. The van der Waals surface area contributed by atoms with Gasteiger partial charge in [0.25, 0.3) is 0 Å². The first-order chi connectivity index (χ1) is 18.7. The fraction of sp³-hybridized carbons (Fsp3) is 0.458. The van der Waals surface area contributed by atoms with Gasteiger partial charge in [-0.15, -0.1) is 0 Å². The van der Waals surface area contributed by atoms with Crippen LogP contribution in [0, 0.1) is 0 Å². The van der Waals surface area contributed by atoms with Crippen molar-refractivity contribution in [2.24, 2.45) is 11.5 Å². The molecule has 40 heavy (non-hydrogen) atoms. The standard InChI is InChI=1S/C24H33N5O11/c25-14(11-12-1-3-13(30)4-2-12)21(36)27-16(6-9-19(32)33)22(37)28-15(5-8-18(26)31)23(38)29-17(24(39)40)7-10-20(34)35/h1-4,14-17,30H,5-11,25H2,(H2,26,31)(H,27,36)(H,28,37)(H,29,38)(H,32,33)(H,34,35)(H,39,40). The number of carboxylic acid groups (broad SMARTS) is 3. The van der Waals surface area contributed by atoms with E-state index in [1.165, 1.54) is 24.3 Å². The van der Waals surface area contributed by atoms with Crippen LogP contribution in [0.5, 0.6) is 5.75 Å². The third-order valence-electron chi connectivity index (χ3n) is 5.58. The number of aliphatic carboxylic acids is 3. The van der Waals surface area contributed by atoms with E-state index in [-0.39, 0.29) is 18.6 Å². The van der Waals surface area contributed by atoms with Crippen LogP contribution in [0.3, 0.4) is 0 Å². The summed E-state index contributed by atoms with van der Waals surface area (Å²) in [6, 6.07) is -0.00319. The number of aromatic hydroxyl groups is 1. The summed E-state index contributed by atoms with van der Waals surface area (Å²) >= 11 is 0. The molecule has 0 heterocycles. The van der Waals surface area contributed by atoms with Crippen LogP contribution in [0.1, 0.15) is 44.1 Å². The van der Waals surface area contributed by atoms with E-state index in [0.29, 0.717) is 5.56 Å². The SMILES string of the molecule is NC(=O)CCC(NC(=O)C(CCC(=O)O)NC(=O)C(N)Cc1ccc(O)cc1)C(=O)NC(CCC(=O)O)C(=O)O. The Kier molecular flexibility index (Phi) is 13.6. The Balaban J connectivity index is 3.04. The van der Waals surface area contributed by atoms with Crippen LogP contribution in [0.25, 0.3) is 0 Å². The summed E-state index contributed by atoms with van der Waals surface area (Å²) < 4.78 is 0. The van der Waals surface area contributed by atoms with Gasteiger partial charge in [-0.1, -0.05) is 12.1 Å². The lowest BCUT2D eigenvalue weighted by Crippen LogP contribution is -2.57. The number of nitrogens with two attached hydrogens (primary N) is 2. The lowest BCUT2D eigenvalue weighted by Gasteiger charge is -2.25. The van der Waals surface area contributed by atoms with E-state index in [4.69, 9.17) is 21.7 Å². The summed E-state index contributed by atoms with van der Waals surface area (Å²) in [5.41, 5.74) is 11.6. The molecule has 0 aromatic heterocycles. The Bertz CT molecular complexity index is 1090. The minimum Gasteiger partial charge on any atom is -0.508 e. The average Bonchev–Trinajstić information content (AvgIpc) is 2.86. The van der Waals surface area contributed by atoms with Gasteiger partial charge in [0.15, 0.2) is 0 Å². The largest absolute Gasteiger partial charge is 0.508 e. The maximum atomic E-state index is 13.0. The van der Waals surface area contributed by atoms with Crippen molar-refractivity contribution in [1.82, 2.24) is 16.0 Å². The first-order valence-corrected chi connectivity index (χ1v) is 12.1. The second kappa shape index (κ2) is 16.3. The highest BCUT2D eigenvalue weighted by Crippen LogP contribution is 2.11. The van der Waals surface area contributed by atoms with Crippen LogP contribution in [0.2, 0.25) is 0 Å². The molecular weight excluding hydrogens is 534 g/mol. The van der Waals surface area contributed by atoms with E-state index in [9.17, 15) is 43.8 Å². The molecule has 11 N–H and O–H groups in total. The van der Waals surface area contributed by atoms with E-state index in [0.717, 1.165) is 0 Å². The summed E-state index contributed by atoms with van der Waals surface area (Å²) in [5.74, 6) is -7.89. The quantitative estimate of drug-likeness (QED) is 0.0913. The molecule has 0 aliphatic rings.